The van der Waals surface area contributed by atoms with Gasteiger partial charge in [-0.15, -0.1) is 0 Å². The van der Waals surface area contributed by atoms with Crippen LogP contribution in [0.1, 0.15) is 73.4 Å². The number of rotatable bonds is 3. The van der Waals surface area contributed by atoms with E-state index in [0.29, 0.717) is 12.8 Å². The molecule has 2 aromatic rings. The van der Waals surface area contributed by atoms with Crippen molar-refractivity contribution in [2.75, 3.05) is 0 Å². The molecule has 0 radical (unpaired) electrons. The van der Waals surface area contributed by atoms with Crippen molar-refractivity contribution in [3.63, 3.8) is 0 Å². The van der Waals surface area contributed by atoms with Gasteiger partial charge in [0.15, 0.2) is 11.7 Å². The lowest BCUT2D eigenvalue weighted by Crippen LogP contribution is -2.40. The summed E-state index contributed by atoms with van der Waals surface area (Å²) in [5, 5.41) is 7.82. The molecule has 3 aliphatic rings. The number of aryl methyl sites for hydroxylation is 2. The Morgan fingerprint density at radius 1 is 1.17 bits per heavy atom. The molecule has 0 aromatic carbocycles. The number of halogens is 2. The summed E-state index contributed by atoms with van der Waals surface area (Å²) < 4.78 is 34.8. The van der Waals surface area contributed by atoms with E-state index in [1.165, 1.54) is 0 Å². The number of hydrogen-bond acceptors (Lipinski definition) is 5. The van der Waals surface area contributed by atoms with Gasteiger partial charge in [-0.2, -0.15) is 5.10 Å². The molecule has 0 amide bonds. The predicted octanol–water partition coefficient (Wildman–Crippen LogP) is 5.04. The van der Waals surface area contributed by atoms with Crippen LogP contribution >= 0.6 is 0 Å². The highest BCUT2D eigenvalue weighted by atomic mass is 19.3. The Morgan fingerprint density at radius 3 is 2.52 bits per heavy atom. The fourth-order valence-corrected chi connectivity index (χ4v) is 4.54. The maximum atomic E-state index is 13.6. The number of aromatic nitrogens is 3. The van der Waals surface area contributed by atoms with Crippen LogP contribution in [0.4, 0.5) is 14.6 Å². The minimum Gasteiger partial charge on any atom is -0.445 e. The van der Waals surface area contributed by atoms with Gasteiger partial charge >= 0.3 is 0 Å². The van der Waals surface area contributed by atoms with E-state index in [1.807, 2.05) is 18.5 Å². The SMILES string of the molecule is C=C1NC([C@H]2CC[C@@H]2c2nc(C)c(C)o2)=Nc2c1cnn2C1CCC(F)(F)CC1. The molecule has 0 unspecified atom stereocenters. The first-order valence-electron chi connectivity index (χ1n) is 10.3. The molecule has 1 N–H and O–H groups in total. The molecule has 6 nitrogen and oxygen atoms in total. The van der Waals surface area contributed by atoms with Crippen LogP contribution in [0, 0.1) is 19.8 Å². The summed E-state index contributed by atoms with van der Waals surface area (Å²) in [6, 6.07) is -0.0523. The van der Waals surface area contributed by atoms with E-state index in [1.54, 1.807) is 6.20 Å². The molecule has 2 aromatic heterocycles. The number of alkyl halides is 2. The minimum absolute atomic E-state index is 0.0523. The largest absolute Gasteiger partial charge is 0.445 e. The number of oxazole rings is 1. The Hall–Kier alpha value is -2.51. The summed E-state index contributed by atoms with van der Waals surface area (Å²) in [7, 11) is 0. The van der Waals surface area contributed by atoms with Gasteiger partial charge in [-0.1, -0.05) is 6.58 Å². The van der Waals surface area contributed by atoms with Crippen LogP contribution in [-0.2, 0) is 0 Å². The minimum atomic E-state index is -2.56. The second-order valence-electron chi connectivity index (χ2n) is 8.50. The molecule has 2 atom stereocenters. The van der Waals surface area contributed by atoms with E-state index in [9.17, 15) is 8.78 Å². The average Bonchev–Trinajstić information content (AvgIpc) is 3.18. The lowest BCUT2D eigenvalue weighted by atomic mass is 9.72. The van der Waals surface area contributed by atoms with Gasteiger partial charge in [-0.25, -0.2) is 23.4 Å². The van der Waals surface area contributed by atoms with Gasteiger partial charge in [0.25, 0.3) is 0 Å². The zero-order valence-electron chi connectivity index (χ0n) is 16.7. The third kappa shape index (κ3) is 3.09. The van der Waals surface area contributed by atoms with Crippen molar-refractivity contribution >= 4 is 17.4 Å². The fraction of sp³-hybridized carbons (Fsp3) is 0.571. The predicted molar refractivity (Wildman–Crippen MR) is 105 cm³/mol. The van der Waals surface area contributed by atoms with Crippen molar-refractivity contribution in [3.05, 3.63) is 35.7 Å². The molecule has 8 heteroatoms. The van der Waals surface area contributed by atoms with E-state index in [4.69, 9.17) is 9.41 Å². The number of aliphatic imine (C=N–C) groups is 1. The molecule has 1 aliphatic heterocycles. The summed E-state index contributed by atoms with van der Waals surface area (Å²) in [4.78, 5) is 9.46. The molecule has 154 valence electrons. The molecule has 2 saturated carbocycles. The Morgan fingerprint density at radius 2 is 1.90 bits per heavy atom. The second-order valence-corrected chi connectivity index (χ2v) is 8.50. The zero-order valence-corrected chi connectivity index (χ0v) is 16.7. The highest BCUT2D eigenvalue weighted by Crippen LogP contribution is 2.46. The van der Waals surface area contributed by atoms with E-state index in [0.717, 1.165) is 53.1 Å². The maximum absolute atomic E-state index is 13.6. The summed E-state index contributed by atoms with van der Waals surface area (Å²) in [6.45, 7) is 8.02. The van der Waals surface area contributed by atoms with Crippen molar-refractivity contribution in [1.82, 2.24) is 20.1 Å². The van der Waals surface area contributed by atoms with Crippen LogP contribution in [0.2, 0.25) is 0 Å². The third-order valence-corrected chi connectivity index (χ3v) is 6.62. The lowest BCUT2D eigenvalue weighted by Gasteiger charge is -2.37. The van der Waals surface area contributed by atoms with Gasteiger partial charge < -0.3 is 9.73 Å². The van der Waals surface area contributed by atoms with Gasteiger partial charge in [0, 0.05) is 30.4 Å². The fourth-order valence-electron chi connectivity index (χ4n) is 4.54. The number of nitrogens with zero attached hydrogens (tertiary/aromatic N) is 4. The number of hydrogen-bond donors (Lipinski definition) is 1. The van der Waals surface area contributed by atoms with Gasteiger partial charge in [0.05, 0.1) is 23.5 Å². The standard InChI is InChI=1S/C21H25F2N5O/c1-11-13(3)29-20(26-11)16-5-4-15(16)18-25-12(2)17-10-24-28(19(17)27-18)14-6-8-21(22,23)9-7-14/h10,14-16H,2,4-9H2,1,3H3,(H,25,27)/t15-,16-/m0/s1. The maximum Gasteiger partial charge on any atom is 0.248 e. The van der Waals surface area contributed by atoms with Gasteiger partial charge in [0.2, 0.25) is 5.92 Å². The Labute approximate surface area is 168 Å². The van der Waals surface area contributed by atoms with E-state index in [2.05, 4.69) is 22.0 Å². The van der Waals surface area contributed by atoms with Gasteiger partial charge in [-0.3, -0.25) is 0 Å². The normalized spacial score (nSPS) is 26.5. The topological polar surface area (TPSA) is 68.2 Å². The molecule has 0 saturated heterocycles. The lowest BCUT2D eigenvalue weighted by molar-refractivity contribution is -0.0448. The average molecular weight is 401 g/mol. The Balaban J connectivity index is 1.43. The Kier molecular flexibility index (Phi) is 4.15. The van der Waals surface area contributed by atoms with Crippen molar-refractivity contribution < 1.29 is 13.2 Å². The van der Waals surface area contributed by atoms with Crippen LogP contribution in [-0.4, -0.2) is 26.5 Å². The van der Waals surface area contributed by atoms with Crippen molar-refractivity contribution in [1.29, 1.82) is 0 Å². The van der Waals surface area contributed by atoms with Crippen molar-refractivity contribution in [2.45, 2.75) is 70.3 Å². The number of nitrogens with one attached hydrogen (secondary N) is 1. The van der Waals surface area contributed by atoms with Crippen molar-refractivity contribution in [2.24, 2.45) is 10.9 Å². The van der Waals surface area contributed by atoms with Crippen LogP contribution in [0.25, 0.3) is 5.70 Å². The number of amidine groups is 1. The smallest absolute Gasteiger partial charge is 0.248 e. The zero-order chi connectivity index (χ0) is 20.3. The molecule has 0 spiro atoms. The summed E-state index contributed by atoms with van der Waals surface area (Å²) in [5.74, 6) is 0.987. The van der Waals surface area contributed by atoms with E-state index < -0.39 is 5.92 Å². The third-order valence-electron chi connectivity index (χ3n) is 6.62. The molecule has 29 heavy (non-hydrogen) atoms. The van der Waals surface area contributed by atoms with E-state index >= 15 is 0 Å². The Bertz CT molecular complexity index is 975. The van der Waals surface area contributed by atoms with Crippen LogP contribution in [0.3, 0.4) is 0 Å². The first-order valence-corrected chi connectivity index (χ1v) is 10.3. The number of fused-ring (bicyclic) bond motifs is 1. The quantitative estimate of drug-likeness (QED) is 0.783. The summed E-state index contributed by atoms with van der Waals surface area (Å²) in [6.07, 6.45) is 4.34. The van der Waals surface area contributed by atoms with Crippen molar-refractivity contribution in [3.8, 4) is 0 Å². The summed E-state index contributed by atoms with van der Waals surface area (Å²) >= 11 is 0. The molecular formula is C21H25F2N5O. The van der Waals surface area contributed by atoms with Gasteiger partial charge in [0.1, 0.15) is 11.6 Å². The monoisotopic (exact) mass is 401 g/mol. The first-order chi connectivity index (χ1) is 13.8. The molecule has 5 rings (SSSR count). The van der Waals surface area contributed by atoms with Crippen LogP contribution < -0.4 is 5.32 Å². The first kappa shape index (κ1) is 18.5. The molecule has 2 fully saturated rings. The summed E-state index contributed by atoms with van der Waals surface area (Å²) in [5.41, 5.74) is 2.51. The molecular weight excluding hydrogens is 376 g/mol. The van der Waals surface area contributed by atoms with Crippen LogP contribution in [0.5, 0.6) is 0 Å². The highest BCUT2D eigenvalue weighted by molar-refractivity contribution is 5.99. The molecule has 2 aliphatic carbocycles. The van der Waals surface area contributed by atoms with E-state index in [-0.39, 0.29) is 30.7 Å². The van der Waals surface area contributed by atoms with Crippen LogP contribution in [0.15, 0.2) is 22.2 Å². The molecule has 3 heterocycles. The highest BCUT2D eigenvalue weighted by Gasteiger charge is 2.42. The second kappa shape index (κ2) is 6.50. The molecule has 0 bridgehead atoms. The van der Waals surface area contributed by atoms with Gasteiger partial charge in [-0.05, 0) is 39.5 Å².